The van der Waals surface area contributed by atoms with Gasteiger partial charge in [-0.15, -0.1) is 11.3 Å². The van der Waals surface area contributed by atoms with Crippen LogP contribution in [0.15, 0.2) is 17.5 Å². The predicted molar refractivity (Wildman–Crippen MR) is 68.8 cm³/mol. The van der Waals surface area contributed by atoms with E-state index >= 15 is 0 Å². The van der Waals surface area contributed by atoms with Crippen LogP contribution in [-0.4, -0.2) is 0 Å². The van der Waals surface area contributed by atoms with Crippen LogP contribution in [0.4, 0.5) is 0 Å². The summed E-state index contributed by atoms with van der Waals surface area (Å²) in [6.07, 6.45) is 0.998. The van der Waals surface area contributed by atoms with E-state index in [-0.39, 0.29) is 0 Å². The number of hydrogen-bond donors (Lipinski definition) is 0. The zero-order chi connectivity index (χ0) is 10.1. The summed E-state index contributed by atoms with van der Waals surface area (Å²) < 4.78 is 1.34. The van der Waals surface area contributed by atoms with Gasteiger partial charge in [-0.3, -0.25) is 0 Å². The first-order chi connectivity index (χ1) is 6.77. The van der Waals surface area contributed by atoms with Gasteiger partial charge in [0.05, 0.1) is 0 Å². The van der Waals surface area contributed by atoms with Gasteiger partial charge in [0, 0.05) is 15.1 Å². The first-order valence-electron chi connectivity index (χ1n) is 4.51. The van der Waals surface area contributed by atoms with Crippen molar-refractivity contribution in [1.29, 1.82) is 0 Å². The summed E-state index contributed by atoms with van der Waals surface area (Å²) in [5.41, 5.74) is 2.56. The minimum atomic E-state index is 0.865. The Morgan fingerprint density at radius 3 is 2.93 bits per heavy atom. The van der Waals surface area contributed by atoms with Gasteiger partial charge >= 0.3 is 0 Å². The molecule has 0 fully saturated rings. The maximum Gasteiger partial charge on any atom is 0.0455 e. The Morgan fingerprint density at radius 2 is 2.29 bits per heavy atom. The number of halogens is 2. The molecular formula is C11H10BrClS. The van der Waals surface area contributed by atoms with Crippen molar-refractivity contribution in [3.8, 4) is 0 Å². The first kappa shape index (κ1) is 10.5. The Kier molecular flexibility index (Phi) is 3.15. The van der Waals surface area contributed by atoms with E-state index in [0.29, 0.717) is 0 Å². The fraction of sp³-hybridized carbons (Fsp3) is 0.273. The quantitative estimate of drug-likeness (QED) is 0.682. The van der Waals surface area contributed by atoms with Gasteiger partial charge in [0.25, 0.3) is 0 Å². The van der Waals surface area contributed by atoms with E-state index in [2.05, 4.69) is 40.4 Å². The monoisotopic (exact) mass is 288 g/mol. The van der Waals surface area contributed by atoms with Crippen LogP contribution in [-0.2, 0) is 11.8 Å². The van der Waals surface area contributed by atoms with E-state index < -0.39 is 0 Å². The van der Waals surface area contributed by atoms with Gasteiger partial charge in [-0.25, -0.2) is 0 Å². The Bertz CT molecular complexity index is 462. The van der Waals surface area contributed by atoms with Crippen molar-refractivity contribution in [3.63, 3.8) is 0 Å². The first-order valence-corrected chi connectivity index (χ1v) is 6.89. The average molecular weight is 290 g/mol. The molecule has 2 aromatic rings. The van der Waals surface area contributed by atoms with Gasteiger partial charge in [0.1, 0.15) is 0 Å². The highest BCUT2D eigenvalue weighted by Crippen LogP contribution is 2.34. The van der Waals surface area contributed by atoms with Crippen molar-refractivity contribution < 1.29 is 0 Å². The van der Waals surface area contributed by atoms with Crippen LogP contribution in [0, 0.1) is 0 Å². The molecule has 0 N–H and O–H groups in total. The smallest absolute Gasteiger partial charge is 0.0455 e. The zero-order valence-corrected chi connectivity index (χ0v) is 11.0. The van der Waals surface area contributed by atoms with E-state index in [1.54, 1.807) is 11.3 Å². The summed E-state index contributed by atoms with van der Waals surface area (Å²) in [7, 11) is 0. The summed E-state index contributed by atoms with van der Waals surface area (Å²) in [5, 5.41) is 5.24. The van der Waals surface area contributed by atoms with E-state index in [1.807, 2.05) is 0 Å². The third-order valence-electron chi connectivity index (χ3n) is 2.37. The van der Waals surface area contributed by atoms with Crippen LogP contribution in [0.1, 0.15) is 18.1 Å². The van der Waals surface area contributed by atoms with Crippen molar-refractivity contribution in [2.45, 2.75) is 18.7 Å². The maximum absolute atomic E-state index is 6.23. The fourth-order valence-corrected chi connectivity index (χ4v) is 3.60. The van der Waals surface area contributed by atoms with Crippen LogP contribution >= 0.6 is 38.9 Å². The Labute approximate surface area is 101 Å². The van der Waals surface area contributed by atoms with Crippen LogP contribution in [0.5, 0.6) is 0 Å². The number of benzene rings is 1. The molecule has 0 aliphatic rings. The highest BCUT2D eigenvalue weighted by Gasteiger charge is 2.09. The predicted octanol–water partition coefficient (Wildman–Crippen LogP) is 5.01. The average Bonchev–Trinajstić information content (AvgIpc) is 2.65. The van der Waals surface area contributed by atoms with Crippen molar-refractivity contribution in [3.05, 3.63) is 33.7 Å². The minimum absolute atomic E-state index is 0.865. The van der Waals surface area contributed by atoms with Crippen LogP contribution in [0.2, 0.25) is 5.02 Å². The van der Waals surface area contributed by atoms with Crippen molar-refractivity contribution in [1.82, 2.24) is 0 Å². The summed E-state index contributed by atoms with van der Waals surface area (Å²) in [6.45, 7) is 2.15. The zero-order valence-electron chi connectivity index (χ0n) is 7.81. The SMILES string of the molecule is CCc1c(Cl)cc(CBr)c2ccsc12. The number of rotatable bonds is 2. The summed E-state index contributed by atoms with van der Waals surface area (Å²) in [5.74, 6) is 0. The molecule has 1 heterocycles. The lowest BCUT2D eigenvalue weighted by Crippen LogP contribution is -1.87. The van der Waals surface area contributed by atoms with E-state index in [0.717, 1.165) is 16.8 Å². The van der Waals surface area contributed by atoms with Gasteiger partial charge in [0.15, 0.2) is 0 Å². The van der Waals surface area contributed by atoms with Gasteiger partial charge in [0.2, 0.25) is 0 Å². The third kappa shape index (κ3) is 1.60. The lowest BCUT2D eigenvalue weighted by atomic mass is 10.1. The minimum Gasteiger partial charge on any atom is -0.143 e. The molecule has 1 aromatic heterocycles. The Morgan fingerprint density at radius 1 is 1.50 bits per heavy atom. The molecule has 0 atom stereocenters. The molecule has 74 valence electrons. The molecule has 0 aliphatic carbocycles. The highest BCUT2D eigenvalue weighted by molar-refractivity contribution is 9.08. The molecular weight excluding hydrogens is 280 g/mol. The second kappa shape index (κ2) is 4.21. The standard InChI is InChI=1S/C11H10BrClS/c1-2-8-10(13)5-7(6-12)9-3-4-14-11(8)9/h3-5H,2,6H2,1H3. The topological polar surface area (TPSA) is 0 Å². The second-order valence-corrected chi connectivity index (χ2v) is 5.03. The number of hydrogen-bond acceptors (Lipinski definition) is 1. The van der Waals surface area contributed by atoms with Gasteiger partial charge in [-0.05, 0) is 40.4 Å². The summed E-state index contributed by atoms with van der Waals surface area (Å²) >= 11 is 11.5. The maximum atomic E-state index is 6.23. The van der Waals surface area contributed by atoms with E-state index in [1.165, 1.54) is 21.2 Å². The van der Waals surface area contributed by atoms with Crippen molar-refractivity contribution >= 4 is 49.0 Å². The van der Waals surface area contributed by atoms with E-state index in [4.69, 9.17) is 11.6 Å². The normalized spacial score (nSPS) is 11.1. The molecule has 0 aliphatic heterocycles. The number of aryl methyl sites for hydroxylation is 1. The lowest BCUT2D eigenvalue weighted by Gasteiger charge is -2.06. The molecule has 0 amide bonds. The fourth-order valence-electron chi connectivity index (χ4n) is 1.66. The molecule has 0 spiro atoms. The van der Waals surface area contributed by atoms with Crippen molar-refractivity contribution in [2.75, 3.05) is 0 Å². The molecule has 3 heteroatoms. The second-order valence-electron chi connectivity index (χ2n) is 3.15. The Hall–Kier alpha value is -0.0500. The van der Waals surface area contributed by atoms with Crippen LogP contribution in [0.25, 0.3) is 10.1 Å². The van der Waals surface area contributed by atoms with Gasteiger partial charge < -0.3 is 0 Å². The van der Waals surface area contributed by atoms with Crippen LogP contribution < -0.4 is 0 Å². The number of thiophene rings is 1. The van der Waals surface area contributed by atoms with E-state index in [9.17, 15) is 0 Å². The Balaban J connectivity index is 2.81. The molecule has 0 nitrogen and oxygen atoms in total. The van der Waals surface area contributed by atoms with Crippen molar-refractivity contribution in [2.24, 2.45) is 0 Å². The molecule has 0 bridgehead atoms. The molecule has 2 rings (SSSR count). The number of fused-ring (bicyclic) bond motifs is 1. The highest BCUT2D eigenvalue weighted by atomic mass is 79.9. The summed E-state index contributed by atoms with van der Waals surface area (Å²) in [4.78, 5) is 0. The van der Waals surface area contributed by atoms with Gasteiger partial charge in [-0.2, -0.15) is 0 Å². The molecule has 14 heavy (non-hydrogen) atoms. The molecule has 1 aromatic carbocycles. The van der Waals surface area contributed by atoms with Crippen LogP contribution in [0.3, 0.4) is 0 Å². The largest absolute Gasteiger partial charge is 0.143 e. The molecule has 0 saturated carbocycles. The molecule has 0 unspecified atom stereocenters. The third-order valence-corrected chi connectivity index (χ3v) is 4.29. The molecule has 0 radical (unpaired) electrons. The number of alkyl halides is 1. The van der Waals surface area contributed by atoms with Gasteiger partial charge in [-0.1, -0.05) is 34.5 Å². The molecule has 0 saturated heterocycles. The lowest BCUT2D eigenvalue weighted by molar-refractivity contribution is 1.16. The summed E-state index contributed by atoms with van der Waals surface area (Å²) in [6, 6.07) is 4.25.